The first-order chi connectivity index (χ1) is 9.66. The van der Waals surface area contributed by atoms with E-state index in [1.165, 1.54) is 0 Å². The topological polar surface area (TPSA) is 111 Å². The predicted molar refractivity (Wildman–Crippen MR) is 66.4 cm³/mol. The molecule has 0 aliphatic carbocycles. The van der Waals surface area contributed by atoms with Crippen molar-refractivity contribution < 1.29 is 14.4 Å². The van der Waals surface area contributed by atoms with Crippen molar-refractivity contribution in [1.29, 1.82) is 0 Å². The SMILES string of the molecule is O=C(O)c1nn(Cc2ncon2)c(=O)c2ccccc12. The van der Waals surface area contributed by atoms with Crippen molar-refractivity contribution in [2.24, 2.45) is 0 Å². The van der Waals surface area contributed by atoms with Gasteiger partial charge in [0.1, 0.15) is 6.54 Å². The van der Waals surface area contributed by atoms with Gasteiger partial charge in [0.15, 0.2) is 11.5 Å². The van der Waals surface area contributed by atoms with Crippen molar-refractivity contribution in [3.8, 4) is 0 Å². The lowest BCUT2D eigenvalue weighted by Gasteiger charge is -2.06. The van der Waals surface area contributed by atoms with Crippen LogP contribution in [0.4, 0.5) is 0 Å². The van der Waals surface area contributed by atoms with Crippen LogP contribution in [0.1, 0.15) is 16.3 Å². The number of hydrogen-bond acceptors (Lipinski definition) is 6. The van der Waals surface area contributed by atoms with E-state index in [-0.39, 0.29) is 23.4 Å². The van der Waals surface area contributed by atoms with Crippen molar-refractivity contribution in [3.05, 3.63) is 52.5 Å². The fourth-order valence-electron chi connectivity index (χ4n) is 1.90. The van der Waals surface area contributed by atoms with Crippen LogP contribution in [0.2, 0.25) is 0 Å². The van der Waals surface area contributed by atoms with Crippen molar-refractivity contribution in [2.45, 2.75) is 6.54 Å². The van der Waals surface area contributed by atoms with E-state index in [9.17, 15) is 14.7 Å². The molecular formula is C12H8N4O4. The van der Waals surface area contributed by atoms with Gasteiger partial charge in [-0.05, 0) is 6.07 Å². The maximum atomic E-state index is 12.3. The number of carboxylic acid groups (broad SMARTS) is 1. The zero-order valence-corrected chi connectivity index (χ0v) is 10.1. The molecular weight excluding hydrogens is 264 g/mol. The van der Waals surface area contributed by atoms with Crippen LogP contribution >= 0.6 is 0 Å². The molecule has 2 heterocycles. The molecule has 0 aliphatic rings. The summed E-state index contributed by atoms with van der Waals surface area (Å²) in [7, 11) is 0. The molecule has 20 heavy (non-hydrogen) atoms. The Hall–Kier alpha value is -3.03. The number of rotatable bonds is 3. The molecule has 0 bridgehead atoms. The summed E-state index contributed by atoms with van der Waals surface area (Å²) in [5.74, 6) is -0.964. The lowest BCUT2D eigenvalue weighted by Crippen LogP contribution is -2.26. The highest BCUT2D eigenvalue weighted by Crippen LogP contribution is 2.13. The number of hydrogen-bond donors (Lipinski definition) is 1. The lowest BCUT2D eigenvalue weighted by molar-refractivity contribution is 0.0690. The number of aromatic carboxylic acids is 1. The van der Waals surface area contributed by atoms with Crippen LogP contribution in [0, 0.1) is 0 Å². The summed E-state index contributed by atoms with van der Waals surface area (Å²) >= 11 is 0. The van der Waals surface area contributed by atoms with Gasteiger partial charge in [-0.2, -0.15) is 10.1 Å². The van der Waals surface area contributed by atoms with E-state index in [0.29, 0.717) is 5.39 Å². The number of carbonyl (C=O) groups is 1. The lowest BCUT2D eigenvalue weighted by atomic mass is 10.1. The van der Waals surface area contributed by atoms with E-state index in [4.69, 9.17) is 0 Å². The molecule has 3 aromatic rings. The largest absolute Gasteiger partial charge is 0.476 e. The monoisotopic (exact) mass is 272 g/mol. The molecule has 8 nitrogen and oxygen atoms in total. The Bertz CT molecular complexity index is 838. The van der Waals surface area contributed by atoms with Crippen LogP contribution in [0.3, 0.4) is 0 Å². The zero-order valence-electron chi connectivity index (χ0n) is 10.1. The van der Waals surface area contributed by atoms with Crippen molar-refractivity contribution in [2.75, 3.05) is 0 Å². The molecule has 0 aliphatic heterocycles. The standard InChI is InChI=1S/C12H8N4O4/c17-11-8-4-2-1-3-7(8)10(12(18)19)14-16(11)5-9-13-6-20-15-9/h1-4,6H,5H2,(H,18,19). The quantitative estimate of drug-likeness (QED) is 0.739. The van der Waals surface area contributed by atoms with E-state index in [1.54, 1.807) is 24.3 Å². The molecule has 0 spiro atoms. The van der Waals surface area contributed by atoms with Gasteiger partial charge in [0.2, 0.25) is 6.39 Å². The number of aromatic nitrogens is 4. The number of nitrogens with zero attached hydrogens (tertiary/aromatic N) is 4. The van der Waals surface area contributed by atoms with Gasteiger partial charge < -0.3 is 9.63 Å². The Morgan fingerprint density at radius 3 is 2.70 bits per heavy atom. The van der Waals surface area contributed by atoms with E-state index < -0.39 is 11.5 Å². The number of carboxylic acids is 1. The fraction of sp³-hybridized carbons (Fsp3) is 0.0833. The van der Waals surface area contributed by atoms with Crippen molar-refractivity contribution in [3.63, 3.8) is 0 Å². The first kappa shape index (κ1) is 12.0. The van der Waals surface area contributed by atoms with E-state index in [1.807, 2.05) is 0 Å². The number of benzene rings is 1. The smallest absolute Gasteiger partial charge is 0.357 e. The molecule has 1 aromatic carbocycles. The maximum Gasteiger partial charge on any atom is 0.357 e. The molecule has 0 radical (unpaired) electrons. The second kappa shape index (κ2) is 4.57. The van der Waals surface area contributed by atoms with E-state index in [2.05, 4.69) is 19.8 Å². The summed E-state index contributed by atoms with van der Waals surface area (Å²) in [6.07, 6.45) is 1.12. The molecule has 8 heteroatoms. The van der Waals surface area contributed by atoms with Crippen molar-refractivity contribution >= 4 is 16.7 Å². The minimum atomic E-state index is -1.21. The van der Waals surface area contributed by atoms with Gasteiger partial charge in [-0.25, -0.2) is 9.48 Å². The summed E-state index contributed by atoms with van der Waals surface area (Å²) < 4.78 is 5.58. The van der Waals surface area contributed by atoms with Gasteiger partial charge in [0.25, 0.3) is 5.56 Å². The first-order valence-corrected chi connectivity index (χ1v) is 5.65. The Balaban J connectivity index is 2.25. The summed E-state index contributed by atoms with van der Waals surface area (Å²) in [5, 5.41) is 17.2. The Kier molecular flexibility index (Phi) is 2.75. The van der Waals surface area contributed by atoms with Crippen LogP contribution < -0.4 is 5.56 Å². The van der Waals surface area contributed by atoms with Crippen LogP contribution in [-0.2, 0) is 6.54 Å². The maximum absolute atomic E-state index is 12.3. The molecule has 2 aromatic heterocycles. The highest BCUT2D eigenvalue weighted by molar-refractivity contribution is 6.01. The van der Waals surface area contributed by atoms with Crippen LogP contribution in [0.15, 0.2) is 40.0 Å². The summed E-state index contributed by atoms with van der Waals surface area (Å²) in [6, 6.07) is 6.41. The van der Waals surface area contributed by atoms with Crippen LogP contribution in [0.25, 0.3) is 10.8 Å². The Morgan fingerprint density at radius 2 is 2.05 bits per heavy atom. The Labute approximate surface area is 111 Å². The highest BCUT2D eigenvalue weighted by Gasteiger charge is 2.16. The van der Waals surface area contributed by atoms with E-state index >= 15 is 0 Å². The minimum Gasteiger partial charge on any atom is -0.476 e. The summed E-state index contributed by atoms with van der Waals surface area (Å²) in [4.78, 5) is 27.3. The average Bonchev–Trinajstić information content (AvgIpc) is 2.94. The third-order valence-corrected chi connectivity index (χ3v) is 2.77. The zero-order chi connectivity index (χ0) is 14.1. The second-order valence-corrected chi connectivity index (χ2v) is 4.01. The third kappa shape index (κ3) is 1.92. The molecule has 100 valence electrons. The highest BCUT2D eigenvalue weighted by atomic mass is 16.5. The molecule has 0 fully saturated rings. The van der Waals surface area contributed by atoms with Gasteiger partial charge in [0.05, 0.1) is 5.39 Å². The molecule has 3 rings (SSSR count). The normalized spacial score (nSPS) is 10.8. The van der Waals surface area contributed by atoms with Crippen molar-refractivity contribution in [1.82, 2.24) is 19.9 Å². The van der Waals surface area contributed by atoms with Crippen LogP contribution in [0.5, 0.6) is 0 Å². The first-order valence-electron chi connectivity index (χ1n) is 5.65. The third-order valence-electron chi connectivity index (χ3n) is 2.77. The predicted octanol–water partition coefficient (Wildman–Crippen LogP) is 0.526. The average molecular weight is 272 g/mol. The molecule has 0 saturated carbocycles. The number of fused-ring (bicyclic) bond motifs is 1. The van der Waals surface area contributed by atoms with Gasteiger partial charge in [-0.3, -0.25) is 4.79 Å². The van der Waals surface area contributed by atoms with Gasteiger partial charge in [0, 0.05) is 5.39 Å². The van der Waals surface area contributed by atoms with Crippen LogP contribution in [-0.4, -0.2) is 31.0 Å². The molecule has 0 saturated heterocycles. The molecule has 1 N–H and O–H groups in total. The molecule has 0 atom stereocenters. The second-order valence-electron chi connectivity index (χ2n) is 4.01. The summed E-state index contributed by atoms with van der Waals surface area (Å²) in [6.45, 7) is -0.0551. The fourth-order valence-corrected chi connectivity index (χ4v) is 1.90. The molecule has 0 unspecified atom stereocenters. The molecule has 0 amide bonds. The van der Waals surface area contributed by atoms with Gasteiger partial charge in [-0.15, -0.1) is 0 Å². The Morgan fingerprint density at radius 1 is 1.30 bits per heavy atom. The van der Waals surface area contributed by atoms with Gasteiger partial charge in [-0.1, -0.05) is 23.4 Å². The van der Waals surface area contributed by atoms with E-state index in [0.717, 1.165) is 11.1 Å². The minimum absolute atomic E-state index is 0.0551. The van der Waals surface area contributed by atoms with Gasteiger partial charge >= 0.3 is 5.97 Å². The summed E-state index contributed by atoms with van der Waals surface area (Å²) in [5.41, 5.74) is -0.598.